The van der Waals surface area contributed by atoms with Crippen LogP contribution in [0, 0.1) is 5.92 Å². The second-order valence-electron chi connectivity index (χ2n) is 8.29. The van der Waals surface area contributed by atoms with Crippen LogP contribution in [-0.2, 0) is 4.79 Å². The summed E-state index contributed by atoms with van der Waals surface area (Å²) in [6.45, 7) is 5.54. The van der Waals surface area contributed by atoms with E-state index < -0.39 is 0 Å². The second-order valence-corrected chi connectivity index (χ2v) is 8.29. The van der Waals surface area contributed by atoms with Gasteiger partial charge < -0.3 is 20.0 Å². The molecule has 4 rings (SSSR count). The van der Waals surface area contributed by atoms with E-state index >= 15 is 0 Å². The zero-order valence-electron chi connectivity index (χ0n) is 15.3. The average Bonchev–Trinajstić information content (AvgIpc) is 3.36. The summed E-state index contributed by atoms with van der Waals surface area (Å²) < 4.78 is 0. The van der Waals surface area contributed by atoms with Gasteiger partial charge in [-0.15, -0.1) is 0 Å². The number of likely N-dealkylation sites (tertiary alicyclic amines) is 3. The van der Waals surface area contributed by atoms with Crippen LogP contribution in [-0.4, -0.2) is 78.0 Å². The van der Waals surface area contributed by atoms with E-state index in [1.807, 2.05) is 9.80 Å². The summed E-state index contributed by atoms with van der Waals surface area (Å²) in [5.74, 6) is 0.308. The highest BCUT2D eigenvalue weighted by Crippen LogP contribution is 2.29. The Morgan fingerprint density at radius 3 is 1.92 bits per heavy atom. The number of piperidine rings is 2. The minimum atomic E-state index is 0.0871. The van der Waals surface area contributed by atoms with Crippen molar-refractivity contribution in [2.75, 3.05) is 39.3 Å². The van der Waals surface area contributed by atoms with Gasteiger partial charge in [0.15, 0.2) is 0 Å². The van der Waals surface area contributed by atoms with Crippen molar-refractivity contribution < 1.29 is 9.59 Å². The molecule has 140 valence electrons. The van der Waals surface area contributed by atoms with Gasteiger partial charge in [0.2, 0.25) is 5.91 Å². The highest BCUT2D eigenvalue weighted by Gasteiger charge is 2.34. The normalized spacial score (nSPS) is 26.9. The topological polar surface area (TPSA) is 55.9 Å². The third-order valence-electron chi connectivity index (χ3n) is 6.45. The smallest absolute Gasteiger partial charge is 0.319 e. The molecule has 1 aliphatic carbocycles. The lowest BCUT2D eigenvalue weighted by Gasteiger charge is -2.36. The van der Waals surface area contributed by atoms with Crippen molar-refractivity contribution in [3.05, 3.63) is 0 Å². The molecule has 1 saturated carbocycles. The molecule has 0 radical (unpaired) electrons. The first kappa shape index (κ1) is 17.1. The van der Waals surface area contributed by atoms with E-state index in [0.29, 0.717) is 6.04 Å². The van der Waals surface area contributed by atoms with Gasteiger partial charge in [0.25, 0.3) is 0 Å². The number of nitrogens with one attached hydrogen (secondary N) is 1. The van der Waals surface area contributed by atoms with Gasteiger partial charge in [0.05, 0.1) is 0 Å². The predicted octanol–water partition coefficient (Wildman–Crippen LogP) is 1.66. The van der Waals surface area contributed by atoms with Crippen molar-refractivity contribution in [2.24, 2.45) is 5.92 Å². The molecule has 3 saturated heterocycles. The summed E-state index contributed by atoms with van der Waals surface area (Å²) in [4.78, 5) is 31.5. The lowest BCUT2D eigenvalue weighted by atomic mass is 9.95. The van der Waals surface area contributed by atoms with Crippen molar-refractivity contribution in [3.63, 3.8) is 0 Å². The van der Waals surface area contributed by atoms with E-state index in [1.54, 1.807) is 0 Å². The van der Waals surface area contributed by atoms with Crippen molar-refractivity contribution in [1.29, 1.82) is 0 Å². The van der Waals surface area contributed by atoms with Gasteiger partial charge in [-0.25, -0.2) is 4.79 Å². The predicted molar refractivity (Wildman–Crippen MR) is 96.3 cm³/mol. The zero-order valence-corrected chi connectivity index (χ0v) is 15.3. The van der Waals surface area contributed by atoms with E-state index in [4.69, 9.17) is 0 Å². The molecule has 4 fully saturated rings. The molecule has 1 N–H and O–H groups in total. The Kier molecular flexibility index (Phi) is 5.15. The van der Waals surface area contributed by atoms with Gasteiger partial charge >= 0.3 is 6.03 Å². The molecule has 0 bridgehead atoms. The van der Waals surface area contributed by atoms with Crippen molar-refractivity contribution in [2.45, 2.75) is 63.5 Å². The fourth-order valence-electron chi connectivity index (χ4n) is 4.61. The molecule has 3 aliphatic heterocycles. The third-order valence-corrected chi connectivity index (χ3v) is 6.45. The molecule has 3 amide bonds. The largest absolute Gasteiger partial charge is 0.353 e. The number of carbonyl (C=O) groups is 2. The summed E-state index contributed by atoms with van der Waals surface area (Å²) in [5.41, 5.74) is 0. The maximum atomic E-state index is 12.6. The molecule has 25 heavy (non-hydrogen) atoms. The van der Waals surface area contributed by atoms with Crippen LogP contribution in [0.3, 0.4) is 0 Å². The van der Waals surface area contributed by atoms with E-state index in [1.165, 1.54) is 12.8 Å². The molecule has 0 unspecified atom stereocenters. The Balaban J connectivity index is 1.18. The van der Waals surface area contributed by atoms with Crippen LogP contribution in [0.4, 0.5) is 4.79 Å². The molecule has 0 aromatic carbocycles. The van der Waals surface area contributed by atoms with Gasteiger partial charge in [-0.3, -0.25) is 4.79 Å². The SMILES string of the molecule is O=C(NC1CCN(C2CC2)CC1)C1CCN(C(=O)N2CCCC2)CC1. The molecule has 6 nitrogen and oxygen atoms in total. The minimum absolute atomic E-state index is 0.0871. The van der Waals surface area contributed by atoms with Crippen LogP contribution < -0.4 is 5.32 Å². The number of nitrogens with zero attached hydrogens (tertiary/aromatic N) is 3. The van der Waals surface area contributed by atoms with E-state index in [2.05, 4.69) is 10.2 Å². The fraction of sp³-hybridized carbons (Fsp3) is 0.895. The Morgan fingerprint density at radius 2 is 1.32 bits per heavy atom. The van der Waals surface area contributed by atoms with Gasteiger partial charge in [0, 0.05) is 57.3 Å². The summed E-state index contributed by atoms with van der Waals surface area (Å²) in [5, 5.41) is 3.29. The number of amides is 3. The van der Waals surface area contributed by atoms with Crippen molar-refractivity contribution in [1.82, 2.24) is 20.0 Å². The standard InChI is InChI=1S/C19H32N4O2/c24-18(20-16-7-13-21(14-8-16)17-3-4-17)15-5-11-23(12-6-15)19(25)22-9-1-2-10-22/h15-17H,1-14H2,(H,20,24). The number of hydrogen-bond donors (Lipinski definition) is 1. The van der Waals surface area contributed by atoms with Crippen LogP contribution in [0.15, 0.2) is 0 Å². The first-order valence-corrected chi connectivity index (χ1v) is 10.3. The number of carbonyl (C=O) groups excluding carboxylic acids is 2. The van der Waals surface area contributed by atoms with Crippen LogP contribution in [0.2, 0.25) is 0 Å². The lowest BCUT2D eigenvalue weighted by Crippen LogP contribution is -2.50. The Morgan fingerprint density at radius 1 is 0.720 bits per heavy atom. The first-order chi connectivity index (χ1) is 12.2. The quantitative estimate of drug-likeness (QED) is 0.844. The molecule has 4 aliphatic rings. The summed E-state index contributed by atoms with van der Waals surface area (Å²) in [6, 6.07) is 1.38. The number of hydrogen-bond acceptors (Lipinski definition) is 3. The van der Waals surface area contributed by atoms with Crippen LogP contribution in [0.5, 0.6) is 0 Å². The van der Waals surface area contributed by atoms with Crippen LogP contribution in [0.1, 0.15) is 51.4 Å². The van der Waals surface area contributed by atoms with Crippen molar-refractivity contribution in [3.8, 4) is 0 Å². The highest BCUT2D eigenvalue weighted by atomic mass is 16.2. The average molecular weight is 348 g/mol. The Hall–Kier alpha value is -1.30. The van der Waals surface area contributed by atoms with Gasteiger partial charge in [0.1, 0.15) is 0 Å². The molecule has 3 heterocycles. The fourth-order valence-corrected chi connectivity index (χ4v) is 4.61. The van der Waals surface area contributed by atoms with E-state index in [0.717, 1.165) is 83.8 Å². The number of urea groups is 1. The Bertz CT molecular complexity index is 486. The summed E-state index contributed by atoms with van der Waals surface area (Å²) in [7, 11) is 0. The van der Waals surface area contributed by atoms with E-state index in [-0.39, 0.29) is 17.9 Å². The molecule has 0 atom stereocenters. The highest BCUT2D eigenvalue weighted by molar-refractivity contribution is 5.80. The lowest BCUT2D eigenvalue weighted by molar-refractivity contribution is -0.127. The Labute approximate surface area is 150 Å². The van der Waals surface area contributed by atoms with Gasteiger partial charge in [-0.2, -0.15) is 0 Å². The zero-order chi connectivity index (χ0) is 17.2. The van der Waals surface area contributed by atoms with Crippen LogP contribution >= 0.6 is 0 Å². The van der Waals surface area contributed by atoms with Gasteiger partial charge in [-0.05, 0) is 51.4 Å². The van der Waals surface area contributed by atoms with Crippen molar-refractivity contribution >= 4 is 11.9 Å². The van der Waals surface area contributed by atoms with Gasteiger partial charge in [-0.1, -0.05) is 0 Å². The molecule has 0 spiro atoms. The molecular weight excluding hydrogens is 316 g/mol. The number of rotatable bonds is 3. The molecule has 6 heteroatoms. The first-order valence-electron chi connectivity index (χ1n) is 10.3. The molecule has 0 aromatic rings. The maximum absolute atomic E-state index is 12.6. The second kappa shape index (κ2) is 7.52. The van der Waals surface area contributed by atoms with Crippen LogP contribution in [0.25, 0.3) is 0 Å². The van der Waals surface area contributed by atoms with E-state index in [9.17, 15) is 9.59 Å². The molecular formula is C19H32N4O2. The maximum Gasteiger partial charge on any atom is 0.319 e. The third kappa shape index (κ3) is 4.10. The minimum Gasteiger partial charge on any atom is -0.353 e. The summed E-state index contributed by atoms with van der Waals surface area (Å²) >= 11 is 0. The summed E-state index contributed by atoms with van der Waals surface area (Å²) in [6.07, 6.45) is 8.80. The molecule has 0 aromatic heterocycles. The monoisotopic (exact) mass is 348 g/mol.